The van der Waals surface area contributed by atoms with Gasteiger partial charge in [0.2, 0.25) is 0 Å². The number of aromatic nitrogens is 2. The maximum absolute atomic E-state index is 13.0. The van der Waals surface area contributed by atoms with Crippen molar-refractivity contribution in [2.75, 3.05) is 7.11 Å². The number of pyridine rings is 1. The molecule has 2 aromatic heterocycles. The van der Waals surface area contributed by atoms with Crippen LogP contribution in [-0.4, -0.2) is 22.9 Å². The highest BCUT2D eigenvalue weighted by molar-refractivity contribution is 6.16. The molecule has 4 rings (SSSR count). The summed E-state index contributed by atoms with van der Waals surface area (Å²) >= 11 is 0. The van der Waals surface area contributed by atoms with E-state index in [9.17, 15) is 4.79 Å². The van der Waals surface area contributed by atoms with Crippen LogP contribution >= 0.6 is 0 Å². The largest absolute Gasteiger partial charge is 0.493 e. The van der Waals surface area contributed by atoms with Crippen LogP contribution in [0, 0.1) is 6.92 Å². The van der Waals surface area contributed by atoms with Crippen LogP contribution < -0.4 is 9.47 Å². The monoisotopic (exact) mass is 372 g/mol. The van der Waals surface area contributed by atoms with Gasteiger partial charge in [-0.15, -0.1) is 0 Å². The molecule has 2 aromatic carbocycles. The molecule has 0 unspecified atom stereocenters. The Balaban J connectivity index is 1.57. The second-order valence-electron chi connectivity index (χ2n) is 6.57. The molecule has 28 heavy (non-hydrogen) atoms. The zero-order chi connectivity index (χ0) is 19.5. The van der Waals surface area contributed by atoms with Crippen molar-refractivity contribution in [1.29, 1.82) is 0 Å². The first-order valence-corrected chi connectivity index (χ1v) is 8.99. The van der Waals surface area contributed by atoms with E-state index in [2.05, 4.69) is 9.97 Å². The Kier molecular flexibility index (Phi) is 4.81. The fourth-order valence-corrected chi connectivity index (χ4v) is 3.07. The number of hydrogen-bond donors (Lipinski definition) is 1. The van der Waals surface area contributed by atoms with Crippen LogP contribution in [0.5, 0.6) is 11.5 Å². The summed E-state index contributed by atoms with van der Waals surface area (Å²) in [6.45, 7) is 2.48. The highest BCUT2D eigenvalue weighted by atomic mass is 16.5. The summed E-state index contributed by atoms with van der Waals surface area (Å²) in [6.07, 6.45) is 3.38. The highest BCUT2D eigenvalue weighted by Crippen LogP contribution is 2.30. The molecule has 0 atom stereocenters. The lowest BCUT2D eigenvalue weighted by atomic mass is 10.0. The van der Waals surface area contributed by atoms with Crippen molar-refractivity contribution in [1.82, 2.24) is 9.97 Å². The number of methoxy groups -OCH3 is 1. The standard InChI is InChI=1S/C23H20N2O3/c1-15-5-7-16(8-6-15)14-28-20-10-9-17(12-21(20)27-2)22(26)19-13-25-23-18(19)4-3-11-24-23/h3-13H,14H2,1-2H3,(H,24,25). The third kappa shape index (κ3) is 3.47. The van der Waals surface area contributed by atoms with Gasteiger partial charge in [0.1, 0.15) is 12.3 Å². The van der Waals surface area contributed by atoms with Gasteiger partial charge in [0.05, 0.1) is 7.11 Å². The Bertz CT molecular complexity index is 1130. The quantitative estimate of drug-likeness (QED) is 0.499. The first kappa shape index (κ1) is 17.8. The third-order valence-corrected chi connectivity index (χ3v) is 4.64. The van der Waals surface area contributed by atoms with Crippen LogP contribution in [-0.2, 0) is 6.61 Å². The summed E-state index contributed by atoms with van der Waals surface area (Å²) in [4.78, 5) is 20.2. The summed E-state index contributed by atoms with van der Waals surface area (Å²) in [7, 11) is 1.57. The number of carbonyl (C=O) groups excluding carboxylic acids is 1. The molecular weight excluding hydrogens is 352 g/mol. The van der Waals surface area contributed by atoms with Gasteiger partial charge in [0, 0.05) is 28.9 Å². The molecule has 0 saturated heterocycles. The first-order valence-electron chi connectivity index (χ1n) is 8.99. The number of aryl methyl sites for hydroxylation is 1. The number of aromatic amines is 1. The van der Waals surface area contributed by atoms with E-state index in [1.54, 1.807) is 37.7 Å². The van der Waals surface area contributed by atoms with Crippen LogP contribution in [0.25, 0.3) is 11.0 Å². The van der Waals surface area contributed by atoms with Crippen molar-refractivity contribution in [2.24, 2.45) is 0 Å². The van der Waals surface area contributed by atoms with Crippen LogP contribution in [0.1, 0.15) is 27.0 Å². The fourth-order valence-electron chi connectivity index (χ4n) is 3.07. The third-order valence-electron chi connectivity index (χ3n) is 4.64. The molecule has 0 amide bonds. The molecule has 0 aliphatic carbocycles. The Hall–Kier alpha value is -3.60. The van der Waals surface area contributed by atoms with E-state index < -0.39 is 0 Å². The molecule has 5 nitrogen and oxygen atoms in total. The topological polar surface area (TPSA) is 64.2 Å². The van der Waals surface area contributed by atoms with Crippen molar-refractivity contribution >= 4 is 16.8 Å². The lowest BCUT2D eigenvalue weighted by Gasteiger charge is -2.12. The van der Waals surface area contributed by atoms with Crippen molar-refractivity contribution in [2.45, 2.75) is 13.5 Å². The van der Waals surface area contributed by atoms with Gasteiger partial charge < -0.3 is 14.5 Å². The van der Waals surface area contributed by atoms with E-state index in [4.69, 9.17) is 9.47 Å². The number of ether oxygens (including phenoxy) is 2. The van der Waals surface area contributed by atoms with Gasteiger partial charge in [-0.25, -0.2) is 4.98 Å². The van der Waals surface area contributed by atoms with Crippen LogP contribution in [0.3, 0.4) is 0 Å². The van der Waals surface area contributed by atoms with E-state index in [-0.39, 0.29) is 5.78 Å². The molecule has 5 heteroatoms. The SMILES string of the molecule is COc1cc(C(=O)c2c[nH]c3ncccc23)ccc1OCc1ccc(C)cc1. The second-order valence-corrected chi connectivity index (χ2v) is 6.57. The number of H-pyrrole nitrogens is 1. The Morgan fingerprint density at radius 3 is 2.68 bits per heavy atom. The summed E-state index contributed by atoms with van der Waals surface area (Å²) in [5.74, 6) is 1.03. The van der Waals surface area contributed by atoms with Crippen LogP contribution in [0.2, 0.25) is 0 Å². The average molecular weight is 372 g/mol. The molecule has 140 valence electrons. The average Bonchev–Trinajstić information content (AvgIpc) is 3.17. The van der Waals surface area contributed by atoms with E-state index >= 15 is 0 Å². The molecular formula is C23H20N2O3. The normalized spacial score (nSPS) is 10.8. The first-order chi connectivity index (χ1) is 13.7. The number of nitrogens with zero attached hydrogens (tertiary/aromatic N) is 1. The van der Waals surface area contributed by atoms with Gasteiger partial charge in [-0.1, -0.05) is 29.8 Å². The molecule has 0 saturated carbocycles. The number of nitrogens with one attached hydrogen (secondary N) is 1. The van der Waals surface area contributed by atoms with Crippen molar-refractivity contribution in [3.8, 4) is 11.5 Å². The Labute approximate surface area is 163 Å². The summed E-state index contributed by atoms with van der Waals surface area (Å²) in [5, 5.41) is 0.797. The predicted molar refractivity (Wildman–Crippen MR) is 108 cm³/mol. The molecule has 0 bridgehead atoms. The minimum absolute atomic E-state index is 0.0948. The number of carbonyl (C=O) groups is 1. The molecule has 0 spiro atoms. The maximum atomic E-state index is 13.0. The number of hydrogen-bond acceptors (Lipinski definition) is 4. The summed E-state index contributed by atoms with van der Waals surface area (Å²) in [5.41, 5.74) is 4.08. The van der Waals surface area contributed by atoms with E-state index in [1.165, 1.54) is 5.56 Å². The minimum atomic E-state index is -0.0948. The molecule has 1 N–H and O–H groups in total. The Morgan fingerprint density at radius 2 is 1.89 bits per heavy atom. The van der Waals surface area contributed by atoms with E-state index in [1.807, 2.05) is 43.3 Å². The number of ketones is 1. The number of rotatable bonds is 6. The lowest BCUT2D eigenvalue weighted by Crippen LogP contribution is -2.03. The summed E-state index contributed by atoms with van der Waals surface area (Å²) < 4.78 is 11.3. The van der Waals surface area contributed by atoms with E-state index in [0.29, 0.717) is 34.9 Å². The lowest BCUT2D eigenvalue weighted by molar-refractivity contribution is 0.104. The van der Waals surface area contributed by atoms with Crippen molar-refractivity contribution in [3.05, 3.63) is 89.2 Å². The van der Waals surface area contributed by atoms with Crippen molar-refractivity contribution < 1.29 is 14.3 Å². The number of benzene rings is 2. The zero-order valence-electron chi connectivity index (χ0n) is 15.7. The number of fused-ring (bicyclic) bond motifs is 1. The Morgan fingerprint density at radius 1 is 1.07 bits per heavy atom. The zero-order valence-corrected chi connectivity index (χ0v) is 15.7. The molecule has 0 fully saturated rings. The molecule has 0 aliphatic heterocycles. The van der Waals surface area contributed by atoms with Gasteiger partial charge in [-0.3, -0.25) is 4.79 Å². The van der Waals surface area contributed by atoms with Crippen LogP contribution in [0.15, 0.2) is 67.0 Å². The molecule has 0 aliphatic rings. The van der Waals surface area contributed by atoms with Gasteiger partial charge in [-0.2, -0.15) is 0 Å². The fraction of sp³-hybridized carbons (Fsp3) is 0.130. The predicted octanol–water partition coefficient (Wildman–Crippen LogP) is 4.69. The van der Waals surface area contributed by atoms with Crippen LogP contribution in [0.4, 0.5) is 0 Å². The van der Waals surface area contributed by atoms with Crippen molar-refractivity contribution in [3.63, 3.8) is 0 Å². The minimum Gasteiger partial charge on any atom is -0.493 e. The molecule has 2 heterocycles. The molecule has 4 aromatic rings. The van der Waals surface area contributed by atoms with Gasteiger partial charge in [0.25, 0.3) is 0 Å². The van der Waals surface area contributed by atoms with Gasteiger partial charge >= 0.3 is 0 Å². The van der Waals surface area contributed by atoms with Gasteiger partial charge in [0.15, 0.2) is 17.3 Å². The smallest absolute Gasteiger partial charge is 0.195 e. The van der Waals surface area contributed by atoms with E-state index in [0.717, 1.165) is 10.9 Å². The maximum Gasteiger partial charge on any atom is 0.195 e. The molecule has 0 radical (unpaired) electrons. The van der Waals surface area contributed by atoms with Gasteiger partial charge in [-0.05, 0) is 42.8 Å². The highest BCUT2D eigenvalue weighted by Gasteiger charge is 2.17. The summed E-state index contributed by atoms with van der Waals surface area (Å²) in [6, 6.07) is 17.1. The second kappa shape index (κ2) is 7.56.